The SMILES string of the molecule is Cc1ccccc1N1CCN(CC(O)COc2cccc(C(=O)c3ccccc3)c2)CC1. The van der Waals surface area contributed by atoms with Gasteiger partial charge < -0.3 is 14.7 Å². The standard InChI is InChI=1S/C27H30N2O3/c1-21-8-5-6-13-26(21)29-16-14-28(15-17-29)19-24(30)20-32-25-12-7-11-23(18-25)27(31)22-9-3-2-4-10-22/h2-13,18,24,30H,14-17,19-20H2,1H3. The molecule has 1 saturated heterocycles. The van der Waals surface area contributed by atoms with Crippen LogP contribution in [0, 0.1) is 6.92 Å². The van der Waals surface area contributed by atoms with E-state index < -0.39 is 6.10 Å². The van der Waals surface area contributed by atoms with E-state index in [9.17, 15) is 9.90 Å². The van der Waals surface area contributed by atoms with E-state index in [1.165, 1.54) is 11.3 Å². The molecule has 0 aromatic heterocycles. The summed E-state index contributed by atoms with van der Waals surface area (Å²) in [7, 11) is 0. The number of hydrogen-bond acceptors (Lipinski definition) is 5. The number of hydrogen-bond donors (Lipinski definition) is 1. The van der Waals surface area contributed by atoms with Gasteiger partial charge in [0.25, 0.3) is 0 Å². The predicted octanol–water partition coefficient (Wildman–Crippen LogP) is 3.79. The van der Waals surface area contributed by atoms with E-state index in [0.29, 0.717) is 23.4 Å². The molecule has 3 aromatic rings. The fraction of sp³-hybridized carbons (Fsp3) is 0.296. The second-order valence-electron chi connectivity index (χ2n) is 8.26. The van der Waals surface area contributed by atoms with Crippen LogP contribution in [0.3, 0.4) is 0 Å². The summed E-state index contributed by atoms with van der Waals surface area (Å²) in [6.45, 7) is 6.62. The van der Waals surface area contributed by atoms with Crippen molar-refractivity contribution in [2.45, 2.75) is 13.0 Å². The second-order valence-corrected chi connectivity index (χ2v) is 8.26. The average Bonchev–Trinajstić information content (AvgIpc) is 2.84. The molecule has 1 heterocycles. The summed E-state index contributed by atoms with van der Waals surface area (Å²) in [6.07, 6.45) is -0.589. The lowest BCUT2D eigenvalue weighted by Gasteiger charge is -2.37. The van der Waals surface area contributed by atoms with Gasteiger partial charge in [-0.25, -0.2) is 0 Å². The highest BCUT2D eigenvalue weighted by molar-refractivity contribution is 6.09. The molecule has 3 aromatic carbocycles. The molecule has 0 saturated carbocycles. The van der Waals surface area contributed by atoms with E-state index >= 15 is 0 Å². The summed E-state index contributed by atoms with van der Waals surface area (Å²) in [4.78, 5) is 17.3. The number of para-hydroxylation sites is 1. The Balaban J connectivity index is 1.25. The normalized spacial score (nSPS) is 15.4. The number of ether oxygens (including phenoxy) is 1. The largest absolute Gasteiger partial charge is 0.491 e. The molecule has 0 amide bonds. The third-order valence-corrected chi connectivity index (χ3v) is 5.87. The highest BCUT2D eigenvalue weighted by Gasteiger charge is 2.20. The van der Waals surface area contributed by atoms with Gasteiger partial charge in [-0.15, -0.1) is 0 Å². The Bertz CT molecular complexity index is 1030. The van der Waals surface area contributed by atoms with Crippen LogP contribution in [0.5, 0.6) is 5.75 Å². The molecule has 0 aliphatic carbocycles. The quantitative estimate of drug-likeness (QED) is 0.551. The maximum Gasteiger partial charge on any atom is 0.193 e. The van der Waals surface area contributed by atoms with Crippen molar-refractivity contribution in [2.75, 3.05) is 44.2 Å². The van der Waals surface area contributed by atoms with E-state index in [1.54, 1.807) is 24.3 Å². The van der Waals surface area contributed by atoms with Crippen molar-refractivity contribution < 1.29 is 14.6 Å². The minimum atomic E-state index is -0.589. The molecule has 5 heteroatoms. The number of anilines is 1. The summed E-state index contributed by atoms with van der Waals surface area (Å²) in [6, 6.07) is 24.8. The Morgan fingerprint density at radius 3 is 2.34 bits per heavy atom. The van der Waals surface area contributed by atoms with Crippen LogP contribution < -0.4 is 9.64 Å². The van der Waals surface area contributed by atoms with Gasteiger partial charge in [0.2, 0.25) is 0 Å². The molecule has 1 aliphatic rings. The van der Waals surface area contributed by atoms with Crippen molar-refractivity contribution in [3.05, 3.63) is 95.6 Å². The van der Waals surface area contributed by atoms with Gasteiger partial charge in [-0.1, -0.05) is 60.7 Å². The molecule has 166 valence electrons. The highest BCUT2D eigenvalue weighted by atomic mass is 16.5. The minimum Gasteiger partial charge on any atom is -0.491 e. The minimum absolute atomic E-state index is 0.0388. The van der Waals surface area contributed by atoms with Crippen molar-refractivity contribution in [3.63, 3.8) is 0 Å². The fourth-order valence-corrected chi connectivity index (χ4v) is 4.12. The van der Waals surface area contributed by atoms with Crippen molar-refractivity contribution in [3.8, 4) is 5.75 Å². The maximum atomic E-state index is 12.6. The molecule has 1 N–H and O–H groups in total. The number of carbonyl (C=O) groups is 1. The summed E-state index contributed by atoms with van der Waals surface area (Å²) < 4.78 is 5.80. The van der Waals surface area contributed by atoms with Crippen LogP contribution in [-0.4, -0.2) is 61.2 Å². The summed E-state index contributed by atoms with van der Waals surface area (Å²) in [5, 5.41) is 10.5. The zero-order valence-electron chi connectivity index (χ0n) is 18.5. The average molecular weight is 431 g/mol. The number of aryl methyl sites for hydroxylation is 1. The third kappa shape index (κ3) is 5.55. The molecule has 0 radical (unpaired) electrons. The Morgan fingerprint density at radius 2 is 1.59 bits per heavy atom. The van der Waals surface area contributed by atoms with E-state index in [0.717, 1.165) is 26.2 Å². The van der Waals surface area contributed by atoms with Crippen LogP contribution >= 0.6 is 0 Å². The van der Waals surface area contributed by atoms with Gasteiger partial charge in [-0.05, 0) is 30.7 Å². The molecule has 1 unspecified atom stereocenters. The molecule has 32 heavy (non-hydrogen) atoms. The van der Waals surface area contributed by atoms with E-state index in [-0.39, 0.29) is 12.4 Å². The van der Waals surface area contributed by atoms with Gasteiger partial charge in [0.1, 0.15) is 18.5 Å². The molecule has 5 nitrogen and oxygen atoms in total. The summed E-state index contributed by atoms with van der Waals surface area (Å²) in [5.74, 6) is 0.554. The number of aliphatic hydroxyl groups is 1. The molecule has 0 bridgehead atoms. The number of aliphatic hydroxyl groups excluding tert-OH is 1. The molecule has 4 rings (SSSR count). The topological polar surface area (TPSA) is 53.0 Å². The first-order chi connectivity index (χ1) is 15.6. The third-order valence-electron chi connectivity index (χ3n) is 5.87. The van der Waals surface area contributed by atoms with Gasteiger partial charge in [-0.2, -0.15) is 0 Å². The number of carbonyl (C=O) groups excluding carboxylic acids is 1. The van der Waals surface area contributed by atoms with E-state index in [1.807, 2.05) is 30.3 Å². The molecule has 1 fully saturated rings. The first-order valence-corrected chi connectivity index (χ1v) is 11.1. The Kier molecular flexibility index (Phi) is 7.20. The number of nitrogens with zero attached hydrogens (tertiary/aromatic N) is 2. The van der Waals surface area contributed by atoms with Gasteiger partial charge in [0, 0.05) is 49.5 Å². The zero-order chi connectivity index (χ0) is 22.3. The Morgan fingerprint density at radius 1 is 0.906 bits per heavy atom. The van der Waals surface area contributed by atoms with Crippen LogP contribution in [0.25, 0.3) is 0 Å². The smallest absolute Gasteiger partial charge is 0.193 e. The lowest BCUT2D eigenvalue weighted by molar-refractivity contribution is 0.0663. The van der Waals surface area contributed by atoms with Crippen molar-refractivity contribution in [2.24, 2.45) is 0 Å². The molecule has 1 aliphatic heterocycles. The summed E-state index contributed by atoms with van der Waals surface area (Å²) in [5.41, 5.74) is 3.81. The van der Waals surface area contributed by atoms with Crippen LogP contribution in [0.15, 0.2) is 78.9 Å². The van der Waals surface area contributed by atoms with E-state index in [4.69, 9.17) is 4.74 Å². The number of piperazine rings is 1. The lowest BCUT2D eigenvalue weighted by Crippen LogP contribution is -2.49. The molecular formula is C27H30N2O3. The lowest BCUT2D eigenvalue weighted by atomic mass is 10.0. The maximum absolute atomic E-state index is 12.6. The second kappa shape index (κ2) is 10.4. The monoisotopic (exact) mass is 430 g/mol. The van der Waals surface area contributed by atoms with Gasteiger partial charge in [-0.3, -0.25) is 9.69 Å². The van der Waals surface area contributed by atoms with Crippen LogP contribution in [0.2, 0.25) is 0 Å². The number of ketones is 1. The molecular weight excluding hydrogens is 400 g/mol. The molecule has 1 atom stereocenters. The summed E-state index contributed by atoms with van der Waals surface area (Å²) >= 11 is 0. The predicted molar refractivity (Wildman–Crippen MR) is 128 cm³/mol. The van der Waals surface area contributed by atoms with Crippen molar-refractivity contribution >= 4 is 11.5 Å². The van der Waals surface area contributed by atoms with Crippen molar-refractivity contribution in [1.29, 1.82) is 0 Å². The van der Waals surface area contributed by atoms with Crippen LogP contribution in [0.1, 0.15) is 21.5 Å². The van der Waals surface area contributed by atoms with Crippen molar-refractivity contribution in [1.82, 2.24) is 4.90 Å². The Labute approximate surface area is 189 Å². The van der Waals surface area contributed by atoms with Gasteiger partial charge >= 0.3 is 0 Å². The Hall–Kier alpha value is -3.15. The van der Waals surface area contributed by atoms with Gasteiger partial charge in [0.15, 0.2) is 5.78 Å². The zero-order valence-corrected chi connectivity index (χ0v) is 18.5. The first-order valence-electron chi connectivity index (χ1n) is 11.1. The fourth-order valence-electron chi connectivity index (χ4n) is 4.12. The van der Waals surface area contributed by atoms with Crippen LogP contribution in [0.4, 0.5) is 5.69 Å². The van der Waals surface area contributed by atoms with Gasteiger partial charge in [0.05, 0.1) is 0 Å². The number of β-amino-alcohol motifs (C(OH)–C–C–N with tert-alkyl or cyclic N) is 1. The highest BCUT2D eigenvalue weighted by Crippen LogP contribution is 2.21. The van der Waals surface area contributed by atoms with E-state index in [2.05, 4.69) is 41.0 Å². The van der Waals surface area contributed by atoms with Crippen LogP contribution in [-0.2, 0) is 0 Å². The number of benzene rings is 3. The number of rotatable bonds is 8. The first kappa shape index (κ1) is 22.1. The molecule has 0 spiro atoms.